The summed E-state index contributed by atoms with van der Waals surface area (Å²) in [7, 11) is 0. The van der Waals surface area contributed by atoms with Gasteiger partial charge >= 0.3 is 5.97 Å². The molecule has 6 heteroatoms. The normalized spacial score (nSPS) is 23.5. The standard InChI is InChI=1S/C9H11N3O3/c1-4-2-7(12-11-4)10-8(13)5-3-6(5)9(14)15/h2,5-6H,3H2,1H3,(H,14,15)(H2,10,11,12,13). The number of carbonyl (C=O) groups excluding carboxylic acids is 1. The highest BCUT2D eigenvalue weighted by Crippen LogP contribution is 2.39. The van der Waals surface area contributed by atoms with Gasteiger partial charge < -0.3 is 10.4 Å². The Labute approximate surface area is 85.7 Å². The Morgan fingerprint density at radius 1 is 1.60 bits per heavy atom. The largest absolute Gasteiger partial charge is 0.481 e. The number of hydrogen-bond acceptors (Lipinski definition) is 3. The molecular weight excluding hydrogens is 198 g/mol. The number of nitrogens with zero attached hydrogens (tertiary/aromatic N) is 1. The van der Waals surface area contributed by atoms with E-state index in [0.717, 1.165) is 5.69 Å². The van der Waals surface area contributed by atoms with Gasteiger partial charge in [-0.1, -0.05) is 0 Å². The summed E-state index contributed by atoms with van der Waals surface area (Å²) >= 11 is 0. The molecule has 2 atom stereocenters. The van der Waals surface area contributed by atoms with E-state index in [9.17, 15) is 9.59 Å². The number of aliphatic carboxylic acids is 1. The Hall–Kier alpha value is -1.85. The van der Waals surface area contributed by atoms with Gasteiger partial charge in [-0.3, -0.25) is 14.7 Å². The molecule has 0 spiro atoms. The van der Waals surface area contributed by atoms with Crippen LogP contribution in [0.15, 0.2) is 6.07 Å². The minimum absolute atomic E-state index is 0.270. The number of carbonyl (C=O) groups is 2. The summed E-state index contributed by atoms with van der Waals surface area (Å²) in [5.41, 5.74) is 0.843. The van der Waals surface area contributed by atoms with Crippen molar-refractivity contribution in [1.29, 1.82) is 0 Å². The third kappa shape index (κ3) is 1.98. The van der Waals surface area contributed by atoms with E-state index in [-0.39, 0.29) is 5.91 Å². The third-order valence-electron chi connectivity index (χ3n) is 2.40. The second-order valence-corrected chi connectivity index (χ2v) is 3.71. The molecule has 0 saturated heterocycles. The van der Waals surface area contributed by atoms with Crippen LogP contribution in [0, 0.1) is 18.8 Å². The van der Waals surface area contributed by atoms with E-state index in [0.29, 0.717) is 12.2 Å². The van der Waals surface area contributed by atoms with Crippen molar-refractivity contribution >= 4 is 17.7 Å². The number of aryl methyl sites for hydroxylation is 1. The highest BCUT2D eigenvalue weighted by atomic mass is 16.4. The molecule has 2 rings (SSSR count). The van der Waals surface area contributed by atoms with E-state index < -0.39 is 17.8 Å². The molecule has 6 nitrogen and oxygen atoms in total. The van der Waals surface area contributed by atoms with Crippen molar-refractivity contribution in [2.45, 2.75) is 13.3 Å². The van der Waals surface area contributed by atoms with E-state index in [1.807, 2.05) is 6.92 Å². The topological polar surface area (TPSA) is 95.1 Å². The quantitative estimate of drug-likeness (QED) is 0.670. The molecule has 1 amide bonds. The van der Waals surface area contributed by atoms with Crippen molar-refractivity contribution in [3.05, 3.63) is 11.8 Å². The first-order valence-corrected chi connectivity index (χ1v) is 4.63. The predicted molar refractivity (Wildman–Crippen MR) is 51.2 cm³/mol. The fourth-order valence-electron chi connectivity index (χ4n) is 1.46. The number of nitrogens with one attached hydrogen (secondary N) is 2. The summed E-state index contributed by atoms with van der Waals surface area (Å²) in [5, 5.41) is 17.7. The molecule has 3 N–H and O–H groups in total. The van der Waals surface area contributed by atoms with Crippen LogP contribution in [-0.4, -0.2) is 27.2 Å². The van der Waals surface area contributed by atoms with Crippen LogP contribution in [0.4, 0.5) is 5.82 Å². The van der Waals surface area contributed by atoms with E-state index in [4.69, 9.17) is 5.11 Å². The van der Waals surface area contributed by atoms with Gasteiger partial charge in [-0.2, -0.15) is 5.10 Å². The molecule has 1 aliphatic carbocycles. The fraction of sp³-hybridized carbons (Fsp3) is 0.444. The number of amides is 1. The number of rotatable bonds is 3. The first-order chi connectivity index (χ1) is 7.08. The van der Waals surface area contributed by atoms with Gasteiger partial charge in [0.05, 0.1) is 11.8 Å². The molecule has 15 heavy (non-hydrogen) atoms. The summed E-state index contributed by atoms with van der Waals surface area (Å²) < 4.78 is 0. The van der Waals surface area contributed by atoms with Crippen LogP contribution in [0.3, 0.4) is 0 Å². The van der Waals surface area contributed by atoms with Crippen LogP contribution in [0.2, 0.25) is 0 Å². The average molecular weight is 209 g/mol. The summed E-state index contributed by atoms with van der Waals surface area (Å²) in [6.07, 6.45) is 0.421. The van der Waals surface area contributed by atoms with Crippen molar-refractivity contribution in [1.82, 2.24) is 10.2 Å². The molecule has 1 aliphatic rings. The number of anilines is 1. The van der Waals surface area contributed by atoms with Gasteiger partial charge in [-0.25, -0.2) is 0 Å². The second kappa shape index (κ2) is 3.38. The summed E-state index contributed by atoms with van der Waals surface area (Å²) in [5.74, 6) is -1.67. The molecule has 2 unspecified atom stereocenters. The molecular formula is C9H11N3O3. The summed E-state index contributed by atoms with van der Waals surface area (Å²) in [6, 6.07) is 1.69. The van der Waals surface area contributed by atoms with E-state index in [2.05, 4.69) is 15.5 Å². The van der Waals surface area contributed by atoms with Crippen molar-refractivity contribution in [2.75, 3.05) is 5.32 Å². The summed E-state index contributed by atoms with van der Waals surface area (Å²) in [4.78, 5) is 22.0. The van der Waals surface area contributed by atoms with Gasteiger partial charge in [0, 0.05) is 11.8 Å². The average Bonchev–Trinajstić information content (AvgIpc) is 2.86. The molecule has 1 fully saturated rings. The molecule has 0 aliphatic heterocycles. The molecule has 80 valence electrons. The predicted octanol–water partition coefficient (Wildman–Crippen LogP) is 0.377. The minimum atomic E-state index is -0.909. The smallest absolute Gasteiger partial charge is 0.307 e. The minimum Gasteiger partial charge on any atom is -0.481 e. The maximum Gasteiger partial charge on any atom is 0.307 e. The molecule has 1 saturated carbocycles. The zero-order chi connectivity index (χ0) is 11.0. The maximum absolute atomic E-state index is 11.5. The maximum atomic E-state index is 11.5. The third-order valence-corrected chi connectivity index (χ3v) is 2.40. The lowest BCUT2D eigenvalue weighted by molar-refractivity contribution is -0.139. The van der Waals surface area contributed by atoms with E-state index in [1.54, 1.807) is 6.07 Å². The molecule has 0 bridgehead atoms. The number of hydrogen-bond donors (Lipinski definition) is 3. The Morgan fingerprint density at radius 3 is 2.80 bits per heavy atom. The van der Waals surface area contributed by atoms with Crippen LogP contribution in [0.25, 0.3) is 0 Å². The number of carboxylic acid groups (broad SMARTS) is 1. The lowest BCUT2D eigenvalue weighted by Gasteiger charge is -1.98. The first-order valence-electron chi connectivity index (χ1n) is 4.63. The van der Waals surface area contributed by atoms with Gasteiger partial charge in [0.25, 0.3) is 0 Å². The van der Waals surface area contributed by atoms with Gasteiger partial charge in [0.1, 0.15) is 0 Å². The number of aromatic nitrogens is 2. The fourth-order valence-corrected chi connectivity index (χ4v) is 1.46. The van der Waals surface area contributed by atoms with Crippen molar-refractivity contribution in [3.63, 3.8) is 0 Å². The molecule has 1 aromatic heterocycles. The van der Waals surface area contributed by atoms with Gasteiger partial charge in [-0.15, -0.1) is 0 Å². The highest BCUT2D eigenvalue weighted by molar-refractivity contribution is 5.97. The van der Waals surface area contributed by atoms with Crippen molar-refractivity contribution in [2.24, 2.45) is 11.8 Å². The summed E-state index contributed by atoms with van der Waals surface area (Å²) in [6.45, 7) is 1.82. The first kappa shape index (κ1) is 9.70. The van der Waals surface area contributed by atoms with Gasteiger partial charge in [0.2, 0.25) is 5.91 Å². The Kier molecular flexibility index (Phi) is 2.18. The molecule has 1 aromatic rings. The van der Waals surface area contributed by atoms with Crippen molar-refractivity contribution in [3.8, 4) is 0 Å². The van der Waals surface area contributed by atoms with Crippen LogP contribution in [-0.2, 0) is 9.59 Å². The Morgan fingerprint density at radius 2 is 2.33 bits per heavy atom. The Bertz CT molecular complexity index is 412. The number of H-pyrrole nitrogens is 1. The lowest BCUT2D eigenvalue weighted by atomic mass is 10.3. The highest BCUT2D eigenvalue weighted by Gasteiger charge is 2.48. The molecule has 1 heterocycles. The monoisotopic (exact) mass is 209 g/mol. The van der Waals surface area contributed by atoms with E-state index in [1.165, 1.54) is 0 Å². The molecule has 0 aromatic carbocycles. The van der Waals surface area contributed by atoms with Crippen LogP contribution in [0.1, 0.15) is 12.1 Å². The zero-order valence-electron chi connectivity index (χ0n) is 8.15. The molecule has 0 radical (unpaired) electrons. The van der Waals surface area contributed by atoms with Crippen LogP contribution < -0.4 is 5.32 Å². The van der Waals surface area contributed by atoms with Gasteiger partial charge in [0.15, 0.2) is 5.82 Å². The second-order valence-electron chi connectivity index (χ2n) is 3.71. The number of aromatic amines is 1. The number of carboxylic acids is 1. The van der Waals surface area contributed by atoms with E-state index >= 15 is 0 Å². The zero-order valence-corrected chi connectivity index (χ0v) is 8.15. The SMILES string of the molecule is Cc1cc(NC(=O)C2CC2C(=O)O)n[nH]1. The Balaban J connectivity index is 1.92. The van der Waals surface area contributed by atoms with Crippen LogP contribution >= 0.6 is 0 Å². The van der Waals surface area contributed by atoms with Gasteiger partial charge in [-0.05, 0) is 13.3 Å². The lowest BCUT2D eigenvalue weighted by Crippen LogP contribution is -2.16. The van der Waals surface area contributed by atoms with Crippen molar-refractivity contribution < 1.29 is 14.7 Å². The van der Waals surface area contributed by atoms with Crippen LogP contribution in [0.5, 0.6) is 0 Å².